The van der Waals surface area contributed by atoms with Crippen LogP contribution in [0.1, 0.15) is 36.2 Å². The third-order valence-electron chi connectivity index (χ3n) is 5.40. The topological polar surface area (TPSA) is 116 Å². The Morgan fingerprint density at radius 2 is 1.89 bits per heavy atom. The molecular weight excluding hydrogens is 452 g/mol. The van der Waals surface area contributed by atoms with Crippen LogP contribution in [-0.2, 0) is 20.7 Å². The lowest BCUT2D eigenvalue weighted by Gasteiger charge is -2.18. The highest BCUT2D eigenvalue weighted by atomic mass is 16.6. The molecule has 0 N–H and O–H groups in total. The summed E-state index contributed by atoms with van der Waals surface area (Å²) in [7, 11) is 0. The quantitative estimate of drug-likeness (QED) is 0.167. The van der Waals surface area contributed by atoms with Gasteiger partial charge in [0.25, 0.3) is 11.6 Å². The van der Waals surface area contributed by atoms with Gasteiger partial charge in [-0.05, 0) is 55.0 Å². The number of rotatable bonds is 9. The van der Waals surface area contributed by atoms with E-state index in [4.69, 9.17) is 9.47 Å². The number of benzene rings is 2. The molecule has 2 atom stereocenters. The summed E-state index contributed by atoms with van der Waals surface area (Å²) < 4.78 is 10.2. The number of cyclic esters (lactones) is 1. The van der Waals surface area contributed by atoms with Gasteiger partial charge in [0, 0.05) is 12.1 Å². The van der Waals surface area contributed by atoms with Crippen molar-refractivity contribution in [2.75, 3.05) is 6.61 Å². The van der Waals surface area contributed by atoms with Gasteiger partial charge in [0.15, 0.2) is 0 Å². The van der Waals surface area contributed by atoms with Crippen LogP contribution in [0.4, 0.5) is 10.5 Å². The van der Waals surface area contributed by atoms with Gasteiger partial charge in [-0.15, -0.1) is 0 Å². The van der Waals surface area contributed by atoms with Crippen molar-refractivity contribution >= 4 is 23.7 Å². The van der Waals surface area contributed by atoms with Crippen molar-refractivity contribution in [3.8, 4) is 0 Å². The molecule has 2 aromatic rings. The number of non-ortho nitro benzene ring substituents is 1. The molecule has 1 heterocycles. The first kappa shape index (κ1) is 25.4. The second kappa shape index (κ2) is 11.7. The van der Waals surface area contributed by atoms with Gasteiger partial charge >= 0.3 is 12.1 Å². The minimum atomic E-state index is -0.650. The minimum Gasteiger partial charge on any atom is -0.447 e. The second-order valence-corrected chi connectivity index (χ2v) is 8.34. The molecule has 182 valence electrons. The lowest BCUT2D eigenvalue weighted by Crippen LogP contribution is -2.39. The zero-order valence-electron chi connectivity index (χ0n) is 19.5. The number of carbonyl (C=O) groups is 3. The van der Waals surface area contributed by atoms with E-state index in [1.807, 2.05) is 37.3 Å². The standard InChI is InChI=1S/C26H26N2O7/c1-18(14-19(2)16-34-25(30)21-9-11-22(12-10-21)28(32)33)8-13-24(29)27-23(17-35-26(27)31)15-20-6-4-3-5-7-20/h3-13,16,18,23H,14-15,17H2,1-2H3/b13-8+,19-16-/t18-,23+/m1/s1. The molecule has 9 nitrogen and oxygen atoms in total. The average Bonchev–Trinajstić information content (AvgIpc) is 3.21. The Kier molecular flexibility index (Phi) is 8.50. The Hall–Kier alpha value is -4.27. The SMILES string of the molecule is C/C(=C/OC(=O)c1ccc([N+](=O)[O-])cc1)C[C@H](C)/C=C/C(=O)N1C(=O)OC[C@@H]1Cc1ccccc1. The number of hydrogen-bond donors (Lipinski definition) is 0. The van der Waals surface area contributed by atoms with E-state index in [1.54, 1.807) is 13.0 Å². The van der Waals surface area contributed by atoms with Crippen molar-refractivity contribution in [2.45, 2.75) is 32.7 Å². The van der Waals surface area contributed by atoms with Crippen molar-refractivity contribution in [3.63, 3.8) is 0 Å². The van der Waals surface area contributed by atoms with Crippen LogP contribution in [0.5, 0.6) is 0 Å². The van der Waals surface area contributed by atoms with Crippen molar-refractivity contribution in [1.82, 2.24) is 4.90 Å². The van der Waals surface area contributed by atoms with Crippen molar-refractivity contribution in [3.05, 3.63) is 99.8 Å². The Labute approximate surface area is 202 Å². The molecule has 9 heteroatoms. The highest BCUT2D eigenvalue weighted by molar-refractivity contribution is 5.99. The number of ether oxygens (including phenoxy) is 2. The van der Waals surface area contributed by atoms with Gasteiger partial charge in [-0.1, -0.05) is 43.3 Å². The van der Waals surface area contributed by atoms with Crippen LogP contribution in [0.15, 0.2) is 78.6 Å². The largest absolute Gasteiger partial charge is 0.447 e. The molecule has 1 saturated heterocycles. The van der Waals surface area contributed by atoms with Crippen LogP contribution in [-0.4, -0.2) is 40.4 Å². The molecule has 0 saturated carbocycles. The molecule has 0 aromatic heterocycles. The smallest absolute Gasteiger partial charge is 0.417 e. The molecule has 1 aliphatic rings. The highest BCUT2D eigenvalue weighted by Gasteiger charge is 2.36. The zero-order valence-corrected chi connectivity index (χ0v) is 19.5. The first-order valence-corrected chi connectivity index (χ1v) is 11.1. The van der Waals surface area contributed by atoms with E-state index >= 15 is 0 Å². The Balaban J connectivity index is 1.52. The molecule has 0 aliphatic carbocycles. The maximum atomic E-state index is 12.7. The average molecular weight is 479 g/mol. The van der Waals surface area contributed by atoms with Crippen LogP contribution in [0.2, 0.25) is 0 Å². The molecule has 1 aliphatic heterocycles. The van der Waals surface area contributed by atoms with Gasteiger partial charge < -0.3 is 9.47 Å². The summed E-state index contributed by atoms with van der Waals surface area (Å²) in [4.78, 5) is 48.2. The minimum absolute atomic E-state index is 0.0699. The molecule has 0 unspecified atom stereocenters. The van der Waals surface area contributed by atoms with Crippen LogP contribution in [0.3, 0.4) is 0 Å². The highest BCUT2D eigenvalue weighted by Crippen LogP contribution is 2.19. The van der Waals surface area contributed by atoms with E-state index in [9.17, 15) is 24.5 Å². The fraction of sp³-hybridized carbons (Fsp3) is 0.269. The number of imide groups is 1. The maximum Gasteiger partial charge on any atom is 0.417 e. The van der Waals surface area contributed by atoms with Gasteiger partial charge in [-0.3, -0.25) is 14.9 Å². The lowest BCUT2D eigenvalue weighted by molar-refractivity contribution is -0.384. The van der Waals surface area contributed by atoms with Gasteiger partial charge in [-0.25, -0.2) is 14.5 Å². The molecule has 2 aromatic carbocycles. The summed E-state index contributed by atoms with van der Waals surface area (Å²) in [5.41, 5.74) is 1.85. The maximum absolute atomic E-state index is 12.7. The molecule has 1 fully saturated rings. The fourth-order valence-corrected chi connectivity index (χ4v) is 3.66. The number of nitro groups is 1. The van der Waals surface area contributed by atoms with E-state index in [-0.39, 0.29) is 29.8 Å². The number of esters is 1. The predicted molar refractivity (Wildman–Crippen MR) is 127 cm³/mol. The van der Waals surface area contributed by atoms with E-state index in [0.29, 0.717) is 12.8 Å². The third-order valence-corrected chi connectivity index (χ3v) is 5.40. The van der Waals surface area contributed by atoms with Gasteiger partial charge in [0.1, 0.15) is 6.61 Å². The number of nitro benzene ring substituents is 1. The van der Waals surface area contributed by atoms with Crippen LogP contribution < -0.4 is 0 Å². The molecular formula is C26H26N2O7. The Morgan fingerprint density at radius 1 is 1.20 bits per heavy atom. The van der Waals surface area contributed by atoms with Crippen LogP contribution >= 0.6 is 0 Å². The Morgan fingerprint density at radius 3 is 2.54 bits per heavy atom. The molecule has 0 bridgehead atoms. The van der Waals surface area contributed by atoms with Crippen LogP contribution in [0, 0.1) is 16.0 Å². The Bertz CT molecular complexity index is 1140. The van der Waals surface area contributed by atoms with Gasteiger partial charge in [0.2, 0.25) is 0 Å². The summed E-state index contributed by atoms with van der Waals surface area (Å²) >= 11 is 0. The monoisotopic (exact) mass is 478 g/mol. The number of carbonyl (C=O) groups excluding carboxylic acids is 3. The molecule has 3 rings (SSSR count). The number of hydrogen-bond acceptors (Lipinski definition) is 7. The molecule has 35 heavy (non-hydrogen) atoms. The summed E-state index contributed by atoms with van der Waals surface area (Å²) in [5, 5.41) is 10.7. The lowest BCUT2D eigenvalue weighted by atomic mass is 10.0. The summed E-state index contributed by atoms with van der Waals surface area (Å²) in [6.45, 7) is 3.83. The second-order valence-electron chi connectivity index (χ2n) is 8.34. The van der Waals surface area contributed by atoms with E-state index in [0.717, 1.165) is 16.0 Å². The van der Waals surface area contributed by atoms with E-state index in [1.165, 1.54) is 36.6 Å². The summed E-state index contributed by atoms with van der Waals surface area (Å²) in [5.74, 6) is -1.14. The van der Waals surface area contributed by atoms with E-state index < -0.39 is 22.9 Å². The van der Waals surface area contributed by atoms with Gasteiger partial charge in [0.05, 0.1) is 22.8 Å². The van der Waals surface area contributed by atoms with Gasteiger partial charge in [-0.2, -0.15) is 0 Å². The fourth-order valence-electron chi connectivity index (χ4n) is 3.66. The number of nitrogens with zero attached hydrogens (tertiary/aromatic N) is 2. The molecule has 2 amide bonds. The summed E-state index contributed by atoms with van der Waals surface area (Å²) in [6, 6.07) is 14.3. The van der Waals surface area contributed by atoms with Crippen molar-refractivity contribution in [1.29, 1.82) is 0 Å². The molecule has 0 radical (unpaired) electrons. The van der Waals surface area contributed by atoms with E-state index in [2.05, 4.69) is 0 Å². The van der Waals surface area contributed by atoms with Crippen molar-refractivity contribution < 1.29 is 28.8 Å². The first-order chi connectivity index (χ1) is 16.7. The normalized spacial score (nSPS) is 16.7. The molecule has 0 spiro atoms. The predicted octanol–water partition coefficient (Wildman–Crippen LogP) is 4.83. The van der Waals surface area contributed by atoms with Crippen LogP contribution in [0.25, 0.3) is 0 Å². The number of allylic oxidation sites excluding steroid dienone is 2. The number of amides is 2. The van der Waals surface area contributed by atoms with Crippen molar-refractivity contribution in [2.24, 2.45) is 5.92 Å². The third kappa shape index (κ3) is 7.10. The summed E-state index contributed by atoms with van der Waals surface area (Å²) in [6.07, 6.45) is 4.76. The zero-order chi connectivity index (χ0) is 25.4. The first-order valence-electron chi connectivity index (χ1n) is 11.1.